The Labute approximate surface area is 105 Å². The standard InChI is InChI=1S/C12H8F3NO3/c1-6-9(16-19-10(6)12(13,14)15)7-2-4-8(5-3-7)11(17)18/h2-5H,1H3,(H,17,18). The number of benzene rings is 1. The Morgan fingerprint density at radius 3 is 2.26 bits per heavy atom. The summed E-state index contributed by atoms with van der Waals surface area (Å²) in [6.45, 7) is 1.25. The molecule has 4 nitrogen and oxygen atoms in total. The number of aromatic nitrogens is 1. The van der Waals surface area contributed by atoms with E-state index in [9.17, 15) is 18.0 Å². The van der Waals surface area contributed by atoms with E-state index in [0.717, 1.165) is 0 Å². The van der Waals surface area contributed by atoms with Gasteiger partial charge in [0.2, 0.25) is 5.76 Å². The van der Waals surface area contributed by atoms with Gasteiger partial charge in [-0.3, -0.25) is 0 Å². The van der Waals surface area contributed by atoms with E-state index >= 15 is 0 Å². The van der Waals surface area contributed by atoms with Crippen LogP contribution in [-0.2, 0) is 6.18 Å². The number of hydrogen-bond acceptors (Lipinski definition) is 3. The SMILES string of the molecule is Cc1c(-c2ccc(C(=O)O)cc2)noc1C(F)(F)F. The number of carboxylic acid groups (broad SMARTS) is 1. The second kappa shape index (κ2) is 4.42. The molecule has 0 amide bonds. The predicted molar refractivity (Wildman–Crippen MR) is 58.6 cm³/mol. The number of carbonyl (C=O) groups is 1. The highest BCUT2D eigenvalue weighted by Gasteiger charge is 2.39. The summed E-state index contributed by atoms with van der Waals surface area (Å²) < 4.78 is 41.9. The van der Waals surface area contributed by atoms with Crippen molar-refractivity contribution in [3.8, 4) is 11.3 Å². The first kappa shape index (κ1) is 13.1. The Morgan fingerprint density at radius 1 is 1.26 bits per heavy atom. The van der Waals surface area contributed by atoms with Gasteiger partial charge < -0.3 is 9.63 Å². The van der Waals surface area contributed by atoms with Crippen molar-refractivity contribution in [3.63, 3.8) is 0 Å². The summed E-state index contributed by atoms with van der Waals surface area (Å²) in [7, 11) is 0. The van der Waals surface area contributed by atoms with Gasteiger partial charge >= 0.3 is 12.1 Å². The molecule has 2 rings (SSSR count). The second-order valence-electron chi connectivity index (χ2n) is 3.87. The third kappa shape index (κ3) is 2.44. The molecule has 1 heterocycles. The smallest absolute Gasteiger partial charge is 0.452 e. The van der Waals surface area contributed by atoms with Gasteiger partial charge in [0.25, 0.3) is 0 Å². The number of carboxylic acids is 1. The molecule has 1 aromatic heterocycles. The molecular weight excluding hydrogens is 263 g/mol. The van der Waals surface area contributed by atoms with Crippen molar-refractivity contribution in [1.82, 2.24) is 5.16 Å². The van der Waals surface area contributed by atoms with Crippen LogP contribution >= 0.6 is 0 Å². The first-order valence-electron chi connectivity index (χ1n) is 5.18. The molecule has 0 fully saturated rings. The lowest BCUT2D eigenvalue weighted by atomic mass is 10.1. The number of alkyl halides is 3. The lowest BCUT2D eigenvalue weighted by molar-refractivity contribution is -0.156. The zero-order valence-corrected chi connectivity index (χ0v) is 9.65. The van der Waals surface area contributed by atoms with Crippen molar-refractivity contribution < 1.29 is 27.6 Å². The molecule has 0 aliphatic heterocycles. The van der Waals surface area contributed by atoms with Gasteiger partial charge in [0.05, 0.1) is 5.56 Å². The molecule has 1 aromatic carbocycles. The van der Waals surface area contributed by atoms with E-state index < -0.39 is 17.9 Å². The zero-order chi connectivity index (χ0) is 14.2. The highest BCUT2D eigenvalue weighted by atomic mass is 19.4. The van der Waals surface area contributed by atoms with Gasteiger partial charge in [-0.15, -0.1) is 0 Å². The van der Waals surface area contributed by atoms with Gasteiger partial charge in [0.15, 0.2) is 0 Å². The van der Waals surface area contributed by atoms with Crippen LogP contribution in [-0.4, -0.2) is 16.2 Å². The number of hydrogen-bond donors (Lipinski definition) is 1. The van der Waals surface area contributed by atoms with E-state index in [1.54, 1.807) is 0 Å². The Kier molecular flexibility index (Phi) is 3.05. The van der Waals surface area contributed by atoms with E-state index in [-0.39, 0.29) is 16.8 Å². The van der Waals surface area contributed by atoms with Gasteiger partial charge in [-0.05, 0) is 19.1 Å². The number of aromatic carboxylic acids is 1. The van der Waals surface area contributed by atoms with Crippen LogP contribution in [0, 0.1) is 6.92 Å². The third-order valence-corrected chi connectivity index (χ3v) is 2.59. The maximum absolute atomic E-state index is 12.5. The highest BCUT2D eigenvalue weighted by Crippen LogP contribution is 2.36. The van der Waals surface area contributed by atoms with Crippen LogP contribution in [0.3, 0.4) is 0 Å². The summed E-state index contributed by atoms with van der Waals surface area (Å²) in [5.41, 5.74) is 0.322. The Morgan fingerprint density at radius 2 is 1.84 bits per heavy atom. The molecule has 0 bridgehead atoms. The molecule has 2 aromatic rings. The summed E-state index contributed by atoms with van der Waals surface area (Å²) >= 11 is 0. The molecule has 0 saturated heterocycles. The molecule has 0 aliphatic rings. The number of halogens is 3. The first-order valence-corrected chi connectivity index (χ1v) is 5.18. The molecule has 100 valence electrons. The third-order valence-electron chi connectivity index (χ3n) is 2.59. The minimum Gasteiger partial charge on any atom is -0.478 e. The molecule has 0 saturated carbocycles. The van der Waals surface area contributed by atoms with Crippen LogP contribution < -0.4 is 0 Å². The minimum absolute atomic E-state index is 0.0425. The quantitative estimate of drug-likeness (QED) is 0.909. The van der Waals surface area contributed by atoms with E-state index in [2.05, 4.69) is 9.68 Å². The van der Waals surface area contributed by atoms with E-state index in [0.29, 0.717) is 5.56 Å². The van der Waals surface area contributed by atoms with Crippen molar-refractivity contribution in [3.05, 3.63) is 41.2 Å². The molecule has 0 unspecified atom stereocenters. The van der Waals surface area contributed by atoms with Crippen LogP contribution in [0.1, 0.15) is 21.7 Å². The van der Waals surface area contributed by atoms with Crippen LogP contribution in [0.15, 0.2) is 28.8 Å². The van der Waals surface area contributed by atoms with Crippen LogP contribution in [0.25, 0.3) is 11.3 Å². The van der Waals surface area contributed by atoms with Crippen molar-refractivity contribution in [2.24, 2.45) is 0 Å². The summed E-state index contributed by atoms with van der Waals surface area (Å²) in [5, 5.41) is 12.1. The Balaban J connectivity index is 2.43. The van der Waals surface area contributed by atoms with Crippen LogP contribution in [0.5, 0.6) is 0 Å². The van der Waals surface area contributed by atoms with E-state index in [4.69, 9.17) is 5.11 Å². The number of rotatable bonds is 2. The van der Waals surface area contributed by atoms with Crippen molar-refractivity contribution >= 4 is 5.97 Å². The fraction of sp³-hybridized carbons (Fsp3) is 0.167. The molecule has 7 heteroatoms. The van der Waals surface area contributed by atoms with Gasteiger partial charge in [0.1, 0.15) is 5.69 Å². The average Bonchev–Trinajstić information content (AvgIpc) is 2.71. The van der Waals surface area contributed by atoms with Gasteiger partial charge in [-0.2, -0.15) is 13.2 Å². The summed E-state index contributed by atoms with van der Waals surface area (Å²) in [6.07, 6.45) is -4.60. The molecule has 1 N–H and O–H groups in total. The Hall–Kier alpha value is -2.31. The largest absolute Gasteiger partial charge is 0.478 e. The first-order chi connectivity index (χ1) is 8.80. The molecule has 0 atom stereocenters. The molecular formula is C12H8F3NO3. The maximum atomic E-state index is 12.5. The predicted octanol–water partition coefficient (Wildman–Crippen LogP) is 3.37. The average molecular weight is 271 g/mol. The minimum atomic E-state index is -4.60. The fourth-order valence-electron chi connectivity index (χ4n) is 1.64. The molecule has 19 heavy (non-hydrogen) atoms. The molecule has 0 radical (unpaired) electrons. The van der Waals surface area contributed by atoms with Gasteiger partial charge in [-0.1, -0.05) is 17.3 Å². The maximum Gasteiger partial charge on any atom is 0.452 e. The van der Waals surface area contributed by atoms with Gasteiger partial charge in [-0.25, -0.2) is 4.79 Å². The van der Waals surface area contributed by atoms with Crippen LogP contribution in [0.2, 0.25) is 0 Å². The highest BCUT2D eigenvalue weighted by molar-refractivity contribution is 5.88. The summed E-state index contributed by atoms with van der Waals surface area (Å²) in [5.74, 6) is -2.26. The monoisotopic (exact) mass is 271 g/mol. The van der Waals surface area contributed by atoms with Crippen molar-refractivity contribution in [1.29, 1.82) is 0 Å². The number of nitrogens with zero attached hydrogens (tertiary/aromatic N) is 1. The van der Waals surface area contributed by atoms with E-state index in [1.165, 1.54) is 31.2 Å². The van der Waals surface area contributed by atoms with Gasteiger partial charge in [0, 0.05) is 11.1 Å². The summed E-state index contributed by atoms with van der Waals surface area (Å²) in [4.78, 5) is 10.7. The molecule has 0 aliphatic carbocycles. The summed E-state index contributed by atoms with van der Waals surface area (Å²) in [6, 6.07) is 5.35. The zero-order valence-electron chi connectivity index (χ0n) is 9.65. The second-order valence-corrected chi connectivity index (χ2v) is 3.87. The lowest BCUT2D eigenvalue weighted by Crippen LogP contribution is -2.04. The topological polar surface area (TPSA) is 63.3 Å². The molecule has 0 spiro atoms. The Bertz CT molecular complexity index is 614. The lowest BCUT2D eigenvalue weighted by Gasteiger charge is -2.02. The van der Waals surface area contributed by atoms with Crippen molar-refractivity contribution in [2.75, 3.05) is 0 Å². The van der Waals surface area contributed by atoms with Crippen LogP contribution in [0.4, 0.5) is 13.2 Å². The fourth-order valence-corrected chi connectivity index (χ4v) is 1.64. The van der Waals surface area contributed by atoms with Crippen molar-refractivity contribution in [2.45, 2.75) is 13.1 Å². The normalized spacial score (nSPS) is 11.6. The van der Waals surface area contributed by atoms with E-state index in [1.807, 2.05) is 0 Å².